The summed E-state index contributed by atoms with van der Waals surface area (Å²) in [5.41, 5.74) is 1.07. The van der Waals surface area contributed by atoms with Crippen LogP contribution in [0, 0.1) is 5.92 Å². The molecule has 118 valence electrons. The van der Waals surface area contributed by atoms with E-state index in [4.69, 9.17) is 9.47 Å². The number of Topliss-reactive ketones (excluding diaryl/α,β-unsaturated/α-hetero) is 1. The van der Waals surface area contributed by atoms with Gasteiger partial charge in [-0.2, -0.15) is 0 Å². The lowest BCUT2D eigenvalue weighted by Gasteiger charge is -2.35. The van der Waals surface area contributed by atoms with Gasteiger partial charge in [-0.3, -0.25) is 4.79 Å². The number of carbonyl (C=O) groups excluding carboxylic acids is 1. The fraction of sp³-hybridized carbons (Fsp3) is 0.500. The van der Waals surface area contributed by atoms with Gasteiger partial charge in [-0.25, -0.2) is 0 Å². The van der Waals surface area contributed by atoms with Crippen molar-refractivity contribution in [1.82, 2.24) is 0 Å². The normalized spacial score (nSPS) is 27.9. The molecular formula is C18H22O4. The summed E-state index contributed by atoms with van der Waals surface area (Å²) in [6.45, 7) is 4.18. The number of rotatable bonds is 3. The molecule has 1 aromatic carbocycles. The fourth-order valence-electron chi connectivity index (χ4n) is 3.19. The van der Waals surface area contributed by atoms with Crippen LogP contribution < -0.4 is 4.74 Å². The molecule has 22 heavy (non-hydrogen) atoms. The number of fused-ring (bicyclic) bond motifs is 1. The average molecular weight is 302 g/mol. The Morgan fingerprint density at radius 2 is 2.05 bits per heavy atom. The Balaban J connectivity index is 1.80. The monoisotopic (exact) mass is 302 g/mol. The van der Waals surface area contributed by atoms with Crippen molar-refractivity contribution in [2.75, 3.05) is 0 Å². The summed E-state index contributed by atoms with van der Waals surface area (Å²) in [6, 6.07) is 7.75. The Kier molecular flexibility index (Phi) is 4.21. The summed E-state index contributed by atoms with van der Waals surface area (Å²) >= 11 is 0. The van der Waals surface area contributed by atoms with Crippen LogP contribution in [-0.4, -0.2) is 23.1 Å². The molecule has 0 radical (unpaired) electrons. The molecule has 1 fully saturated rings. The highest BCUT2D eigenvalue weighted by atomic mass is 16.5. The summed E-state index contributed by atoms with van der Waals surface area (Å²) in [4.78, 5) is 12.6. The molecule has 3 rings (SSSR count). The number of ether oxygens (including phenoxy) is 2. The van der Waals surface area contributed by atoms with Crippen molar-refractivity contribution in [3.8, 4) is 5.75 Å². The zero-order valence-corrected chi connectivity index (χ0v) is 13.0. The molecule has 3 atom stereocenters. The number of carbonyl (C=O) groups is 1. The van der Waals surface area contributed by atoms with Crippen LogP contribution in [0.5, 0.6) is 5.75 Å². The zero-order chi connectivity index (χ0) is 15.7. The summed E-state index contributed by atoms with van der Waals surface area (Å²) in [6.07, 6.45) is 2.64. The molecule has 1 aliphatic carbocycles. The van der Waals surface area contributed by atoms with E-state index in [0.717, 1.165) is 5.56 Å². The Bertz CT molecular complexity index is 591. The van der Waals surface area contributed by atoms with Crippen molar-refractivity contribution in [2.45, 2.75) is 51.2 Å². The SMILES string of the molecule is CC(C)c1ccccc1OC1=COC2CC(O)CCC2C1=O. The van der Waals surface area contributed by atoms with E-state index in [2.05, 4.69) is 13.8 Å². The minimum absolute atomic E-state index is 0.0123. The van der Waals surface area contributed by atoms with Gasteiger partial charge in [-0.15, -0.1) is 0 Å². The van der Waals surface area contributed by atoms with E-state index in [1.807, 2.05) is 24.3 Å². The number of aliphatic hydroxyl groups is 1. The molecule has 0 amide bonds. The van der Waals surface area contributed by atoms with Crippen LogP contribution in [-0.2, 0) is 9.53 Å². The number of aliphatic hydroxyl groups excluding tert-OH is 1. The molecule has 4 nitrogen and oxygen atoms in total. The summed E-state index contributed by atoms with van der Waals surface area (Å²) in [5, 5.41) is 9.69. The van der Waals surface area contributed by atoms with Gasteiger partial charge in [0.05, 0.1) is 12.0 Å². The van der Waals surface area contributed by atoms with Gasteiger partial charge < -0.3 is 14.6 Å². The van der Waals surface area contributed by atoms with Gasteiger partial charge in [0.1, 0.15) is 18.1 Å². The molecule has 2 aliphatic rings. The topological polar surface area (TPSA) is 55.8 Å². The highest BCUT2D eigenvalue weighted by Gasteiger charge is 2.40. The fourth-order valence-corrected chi connectivity index (χ4v) is 3.19. The third-order valence-electron chi connectivity index (χ3n) is 4.45. The van der Waals surface area contributed by atoms with Gasteiger partial charge in [0, 0.05) is 6.42 Å². The molecule has 0 aromatic heterocycles. The molecule has 0 bridgehead atoms. The molecule has 4 heteroatoms. The van der Waals surface area contributed by atoms with Crippen molar-refractivity contribution in [3.63, 3.8) is 0 Å². The lowest BCUT2D eigenvalue weighted by molar-refractivity contribution is -0.132. The molecule has 1 heterocycles. The Labute approximate surface area is 130 Å². The van der Waals surface area contributed by atoms with Crippen LogP contribution >= 0.6 is 0 Å². The van der Waals surface area contributed by atoms with E-state index in [1.165, 1.54) is 6.26 Å². The van der Waals surface area contributed by atoms with Gasteiger partial charge in [0.15, 0.2) is 0 Å². The summed E-state index contributed by atoms with van der Waals surface area (Å²) in [5.74, 6) is 1.08. The summed E-state index contributed by atoms with van der Waals surface area (Å²) in [7, 11) is 0. The maximum Gasteiger partial charge on any atom is 0.207 e. The van der Waals surface area contributed by atoms with Crippen LogP contribution in [0.2, 0.25) is 0 Å². The van der Waals surface area contributed by atoms with E-state index < -0.39 is 0 Å². The second kappa shape index (κ2) is 6.13. The first kappa shape index (κ1) is 15.1. The highest BCUT2D eigenvalue weighted by Crippen LogP contribution is 2.35. The molecule has 0 spiro atoms. The molecule has 1 aromatic rings. The quantitative estimate of drug-likeness (QED) is 0.932. The minimum Gasteiger partial charge on any atom is -0.493 e. The first-order valence-corrected chi connectivity index (χ1v) is 7.91. The zero-order valence-electron chi connectivity index (χ0n) is 13.0. The van der Waals surface area contributed by atoms with Crippen molar-refractivity contribution >= 4 is 5.78 Å². The maximum atomic E-state index is 12.6. The van der Waals surface area contributed by atoms with Gasteiger partial charge in [-0.1, -0.05) is 32.0 Å². The third-order valence-corrected chi connectivity index (χ3v) is 4.45. The predicted molar refractivity (Wildman–Crippen MR) is 82.5 cm³/mol. The van der Waals surface area contributed by atoms with Crippen molar-refractivity contribution < 1.29 is 19.4 Å². The summed E-state index contributed by atoms with van der Waals surface area (Å²) < 4.78 is 11.5. The number of ketones is 1. The predicted octanol–water partition coefficient (Wildman–Crippen LogP) is 3.16. The molecule has 0 saturated heterocycles. The Morgan fingerprint density at radius 3 is 2.82 bits per heavy atom. The number of hydrogen-bond acceptors (Lipinski definition) is 4. The first-order chi connectivity index (χ1) is 10.6. The van der Waals surface area contributed by atoms with Crippen LogP contribution in [0.1, 0.15) is 44.6 Å². The molecule has 1 saturated carbocycles. The van der Waals surface area contributed by atoms with Crippen LogP contribution in [0.4, 0.5) is 0 Å². The molecular weight excluding hydrogens is 280 g/mol. The highest BCUT2D eigenvalue weighted by molar-refractivity contribution is 5.96. The lowest BCUT2D eigenvalue weighted by atomic mass is 9.80. The van der Waals surface area contributed by atoms with Gasteiger partial charge in [0.2, 0.25) is 11.5 Å². The number of hydrogen-bond donors (Lipinski definition) is 1. The number of allylic oxidation sites excluding steroid dienone is 1. The van der Waals surface area contributed by atoms with Crippen LogP contribution in [0.25, 0.3) is 0 Å². The maximum absolute atomic E-state index is 12.6. The van der Waals surface area contributed by atoms with Crippen molar-refractivity contribution in [1.29, 1.82) is 0 Å². The van der Waals surface area contributed by atoms with Gasteiger partial charge in [0.25, 0.3) is 0 Å². The number of para-hydroxylation sites is 1. The van der Waals surface area contributed by atoms with E-state index >= 15 is 0 Å². The van der Waals surface area contributed by atoms with E-state index in [-0.39, 0.29) is 29.7 Å². The van der Waals surface area contributed by atoms with E-state index in [9.17, 15) is 9.90 Å². The second-order valence-electron chi connectivity index (χ2n) is 6.39. The smallest absolute Gasteiger partial charge is 0.207 e. The third kappa shape index (κ3) is 2.88. The molecule has 1 aliphatic heterocycles. The van der Waals surface area contributed by atoms with Gasteiger partial charge >= 0.3 is 0 Å². The van der Waals surface area contributed by atoms with E-state index in [1.54, 1.807) is 0 Å². The Hall–Kier alpha value is -1.81. The first-order valence-electron chi connectivity index (χ1n) is 7.91. The average Bonchev–Trinajstić information content (AvgIpc) is 2.50. The Morgan fingerprint density at radius 1 is 1.27 bits per heavy atom. The lowest BCUT2D eigenvalue weighted by Crippen LogP contribution is -2.41. The minimum atomic E-state index is -0.369. The van der Waals surface area contributed by atoms with Crippen molar-refractivity contribution in [2.24, 2.45) is 5.92 Å². The van der Waals surface area contributed by atoms with Crippen LogP contribution in [0.15, 0.2) is 36.3 Å². The molecule has 3 unspecified atom stereocenters. The standard InChI is InChI=1S/C18H22O4/c1-11(2)13-5-3-4-6-15(13)22-17-10-21-16-9-12(19)7-8-14(16)18(17)20/h3-6,10-12,14,16,19H,7-9H2,1-2H3. The number of benzene rings is 1. The second-order valence-corrected chi connectivity index (χ2v) is 6.39. The van der Waals surface area contributed by atoms with Crippen LogP contribution in [0.3, 0.4) is 0 Å². The largest absolute Gasteiger partial charge is 0.493 e. The van der Waals surface area contributed by atoms with Crippen molar-refractivity contribution in [3.05, 3.63) is 41.9 Å². The molecule has 1 N–H and O–H groups in total. The van der Waals surface area contributed by atoms with Gasteiger partial charge in [-0.05, 0) is 30.4 Å². The van der Waals surface area contributed by atoms with E-state index in [0.29, 0.717) is 30.9 Å².